The number of ether oxygens (including phenoxy) is 1. The molecule has 0 aromatic carbocycles. The van der Waals surface area contributed by atoms with Crippen LogP contribution in [0.15, 0.2) is 18.3 Å². The number of nitrogens with one attached hydrogen (secondary N) is 1. The van der Waals surface area contributed by atoms with Crippen LogP contribution in [0.3, 0.4) is 0 Å². The normalized spacial score (nSPS) is 11.7. The molecule has 0 saturated heterocycles. The molecule has 0 spiro atoms. The zero-order valence-electron chi connectivity index (χ0n) is 12.4. The van der Waals surface area contributed by atoms with Crippen molar-refractivity contribution in [2.45, 2.75) is 39.7 Å². The quantitative estimate of drug-likeness (QED) is 0.679. The van der Waals surface area contributed by atoms with Gasteiger partial charge in [0.05, 0.1) is 0 Å². The molecule has 0 saturated carbocycles. The number of amides is 1. The maximum atomic E-state index is 13.2. The lowest BCUT2D eigenvalue weighted by Crippen LogP contribution is -2.32. The molecule has 0 aliphatic carbocycles. The summed E-state index contributed by atoms with van der Waals surface area (Å²) >= 11 is 0. The van der Waals surface area contributed by atoms with Crippen LogP contribution >= 0.6 is 0 Å². The first-order chi connectivity index (χ1) is 9.29. The van der Waals surface area contributed by atoms with Crippen LogP contribution in [0.1, 0.15) is 38.3 Å². The van der Waals surface area contributed by atoms with E-state index in [9.17, 15) is 9.18 Å². The Morgan fingerprint density at radius 1 is 1.50 bits per heavy atom. The highest BCUT2D eigenvalue weighted by Crippen LogP contribution is 2.11. The van der Waals surface area contributed by atoms with Gasteiger partial charge < -0.3 is 10.1 Å². The molecule has 20 heavy (non-hydrogen) atoms. The largest absolute Gasteiger partial charge is 0.444 e. The third kappa shape index (κ3) is 5.82. The molecule has 0 bridgehead atoms. The maximum Gasteiger partial charge on any atom is 0.407 e. The van der Waals surface area contributed by atoms with Gasteiger partial charge in [0.15, 0.2) is 0 Å². The summed E-state index contributed by atoms with van der Waals surface area (Å²) in [4.78, 5) is 14.9. The Labute approximate surface area is 119 Å². The highest BCUT2D eigenvalue weighted by molar-refractivity contribution is 5.67. The fourth-order valence-corrected chi connectivity index (χ4v) is 1.49. The van der Waals surface area contributed by atoms with Gasteiger partial charge in [-0.2, -0.15) is 4.39 Å². The highest BCUT2D eigenvalue weighted by atomic mass is 19.1. The number of hydrogen-bond donors (Lipinski definition) is 1. The summed E-state index contributed by atoms with van der Waals surface area (Å²) in [5.41, 5.74) is 0.810. The van der Waals surface area contributed by atoms with Crippen molar-refractivity contribution < 1.29 is 13.9 Å². The Kier molecular flexibility index (Phi) is 5.67. The van der Waals surface area contributed by atoms with E-state index < -0.39 is 17.6 Å². The molecule has 1 aromatic heterocycles. The van der Waals surface area contributed by atoms with Gasteiger partial charge in [-0.05, 0) is 45.7 Å². The fraction of sp³-hybridized carbons (Fsp3) is 0.467. The molecule has 0 radical (unpaired) electrons. The summed E-state index contributed by atoms with van der Waals surface area (Å²) in [5.74, 6) is -0.459. The monoisotopic (exact) mass is 280 g/mol. The standard InChI is InChI=1S/C15H21FN2O2/c1-11-12(8-10-17-13(11)16)7-5-6-9-18-14(19)20-15(2,3)4/h5,7-8,10H,6,9H2,1-4H3,(H,18,19). The Hall–Kier alpha value is -1.91. The second-order valence-corrected chi connectivity index (χ2v) is 5.44. The van der Waals surface area contributed by atoms with Crippen LogP contribution in [0.4, 0.5) is 9.18 Å². The molecule has 1 amide bonds. The summed E-state index contributed by atoms with van der Waals surface area (Å²) in [6.45, 7) is 7.59. The molecule has 0 unspecified atom stereocenters. The highest BCUT2D eigenvalue weighted by Gasteiger charge is 2.15. The first-order valence-electron chi connectivity index (χ1n) is 6.54. The molecule has 0 atom stereocenters. The summed E-state index contributed by atoms with van der Waals surface area (Å²) in [5, 5.41) is 2.65. The van der Waals surface area contributed by atoms with Crippen LogP contribution in [0, 0.1) is 12.9 Å². The molecule has 0 aliphatic heterocycles. The van der Waals surface area contributed by atoms with E-state index >= 15 is 0 Å². The van der Waals surface area contributed by atoms with E-state index in [4.69, 9.17) is 4.74 Å². The van der Waals surface area contributed by atoms with Gasteiger partial charge in [-0.25, -0.2) is 9.78 Å². The van der Waals surface area contributed by atoms with Crippen molar-refractivity contribution in [3.63, 3.8) is 0 Å². The summed E-state index contributed by atoms with van der Waals surface area (Å²) < 4.78 is 18.3. The van der Waals surface area contributed by atoms with Gasteiger partial charge >= 0.3 is 6.09 Å². The molecule has 0 fully saturated rings. The minimum atomic E-state index is -0.494. The summed E-state index contributed by atoms with van der Waals surface area (Å²) in [6, 6.07) is 1.75. The average Bonchev–Trinajstić information content (AvgIpc) is 2.31. The Morgan fingerprint density at radius 2 is 2.20 bits per heavy atom. The van der Waals surface area contributed by atoms with Crippen LogP contribution in [0.25, 0.3) is 6.08 Å². The predicted octanol–water partition coefficient (Wildman–Crippen LogP) is 3.46. The molecule has 1 heterocycles. The lowest BCUT2D eigenvalue weighted by molar-refractivity contribution is 0.0529. The maximum absolute atomic E-state index is 13.2. The van der Waals surface area contributed by atoms with E-state index in [1.54, 1.807) is 13.0 Å². The SMILES string of the molecule is Cc1c(C=CCCNC(=O)OC(C)(C)C)ccnc1F. The second kappa shape index (κ2) is 7.03. The molecule has 1 aromatic rings. The van der Waals surface area contributed by atoms with Gasteiger partial charge in [-0.1, -0.05) is 12.2 Å². The van der Waals surface area contributed by atoms with Crippen LogP contribution < -0.4 is 5.32 Å². The molecular weight excluding hydrogens is 259 g/mol. The Bertz CT molecular complexity index is 493. The van der Waals surface area contributed by atoms with Gasteiger partial charge in [-0.15, -0.1) is 0 Å². The number of alkyl carbamates (subject to hydrolysis) is 1. The number of carbonyl (C=O) groups is 1. The molecule has 1 rings (SSSR count). The molecule has 4 nitrogen and oxygen atoms in total. The number of hydrogen-bond acceptors (Lipinski definition) is 3. The van der Waals surface area contributed by atoms with Crippen LogP contribution in [-0.4, -0.2) is 23.2 Å². The van der Waals surface area contributed by atoms with Crippen molar-refractivity contribution in [1.29, 1.82) is 0 Å². The Morgan fingerprint density at radius 3 is 2.85 bits per heavy atom. The van der Waals surface area contributed by atoms with Crippen molar-refractivity contribution in [2.24, 2.45) is 0 Å². The number of rotatable bonds is 4. The van der Waals surface area contributed by atoms with Gasteiger partial charge in [0.1, 0.15) is 5.60 Å². The number of halogens is 1. The minimum absolute atomic E-state index is 0.433. The lowest BCUT2D eigenvalue weighted by Gasteiger charge is -2.19. The average molecular weight is 280 g/mol. The minimum Gasteiger partial charge on any atom is -0.444 e. The first-order valence-corrected chi connectivity index (χ1v) is 6.54. The van der Waals surface area contributed by atoms with Gasteiger partial charge in [-0.3, -0.25) is 0 Å². The van der Waals surface area contributed by atoms with Crippen molar-refractivity contribution in [1.82, 2.24) is 10.3 Å². The zero-order valence-corrected chi connectivity index (χ0v) is 12.4. The third-order valence-electron chi connectivity index (χ3n) is 2.46. The van der Waals surface area contributed by atoms with Crippen LogP contribution in [-0.2, 0) is 4.74 Å². The number of nitrogens with zero attached hydrogens (tertiary/aromatic N) is 1. The topological polar surface area (TPSA) is 51.2 Å². The van der Waals surface area contributed by atoms with Gasteiger partial charge in [0.25, 0.3) is 0 Å². The van der Waals surface area contributed by atoms with E-state index in [-0.39, 0.29) is 0 Å². The second-order valence-electron chi connectivity index (χ2n) is 5.44. The van der Waals surface area contributed by atoms with Gasteiger partial charge in [0, 0.05) is 18.3 Å². The lowest BCUT2D eigenvalue weighted by atomic mass is 10.1. The molecule has 5 heteroatoms. The summed E-state index contributed by atoms with van der Waals surface area (Å²) in [6.07, 6.45) is 5.33. The van der Waals surface area contributed by atoms with E-state index in [1.165, 1.54) is 6.20 Å². The number of aromatic nitrogens is 1. The van der Waals surface area contributed by atoms with Crippen LogP contribution in [0.2, 0.25) is 0 Å². The van der Waals surface area contributed by atoms with E-state index in [2.05, 4.69) is 10.3 Å². The zero-order chi connectivity index (χ0) is 15.2. The van der Waals surface area contributed by atoms with Crippen molar-refractivity contribution >= 4 is 12.2 Å². The van der Waals surface area contributed by atoms with Crippen LogP contribution in [0.5, 0.6) is 0 Å². The molecule has 110 valence electrons. The van der Waals surface area contributed by atoms with Crippen molar-refractivity contribution in [3.05, 3.63) is 35.4 Å². The molecule has 0 aliphatic rings. The van der Waals surface area contributed by atoms with Crippen molar-refractivity contribution in [3.8, 4) is 0 Å². The predicted molar refractivity (Wildman–Crippen MR) is 76.8 cm³/mol. The number of pyridine rings is 1. The van der Waals surface area contributed by atoms with E-state index in [0.29, 0.717) is 18.5 Å². The smallest absolute Gasteiger partial charge is 0.407 e. The molecular formula is C15H21FN2O2. The number of carbonyl (C=O) groups excluding carboxylic acids is 1. The van der Waals surface area contributed by atoms with E-state index in [1.807, 2.05) is 32.9 Å². The summed E-state index contributed by atoms with van der Waals surface area (Å²) in [7, 11) is 0. The van der Waals surface area contributed by atoms with E-state index in [0.717, 1.165) is 5.56 Å². The third-order valence-corrected chi connectivity index (χ3v) is 2.46. The van der Waals surface area contributed by atoms with Crippen molar-refractivity contribution in [2.75, 3.05) is 6.54 Å². The fourth-order valence-electron chi connectivity index (χ4n) is 1.49. The Balaban J connectivity index is 2.36. The molecule has 1 N–H and O–H groups in total. The van der Waals surface area contributed by atoms with Gasteiger partial charge in [0.2, 0.25) is 5.95 Å². The first kappa shape index (κ1) is 16.1.